The summed E-state index contributed by atoms with van der Waals surface area (Å²) in [7, 11) is -1.58. The smallest absolute Gasteiger partial charge is 0.235 e. The second-order valence-electron chi connectivity index (χ2n) is 5.27. The Morgan fingerprint density at radius 3 is 2.37 bits per heavy atom. The van der Waals surface area contributed by atoms with Crippen molar-refractivity contribution in [2.24, 2.45) is 5.92 Å². The molecule has 0 aliphatic carbocycles. The average Bonchev–Trinajstić information content (AvgIpc) is 2.39. The van der Waals surface area contributed by atoms with Gasteiger partial charge >= 0.3 is 0 Å². The highest BCUT2D eigenvalue weighted by Gasteiger charge is 2.25. The molecular weight excluding hydrogens is 260 g/mol. The molecule has 0 bridgehead atoms. The third-order valence-corrected chi connectivity index (χ3v) is 5.66. The Hall–Kier alpha value is -1.07. The van der Waals surface area contributed by atoms with Gasteiger partial charge in [-0.25, -0.2) is 8.42 Å². The lowest BCUT2D eigenvalue weighted by Gasteiger charge is -2.26. The summed E-state index contributed by atoms with van der Waals surface area (Å²) < 4.78 is 26.2. The molecule has 0 aromatic heterocycles. The van der Waals surface area contributed by atoms with E-state index in [4.69, 9.17) is 0 Å². The lowest BCUT2D eigenvalue weighted by Crippen LogP contribution is -2.36. The predicted octanol–water partition coefficient (Wildman–Crippen LogP) is 1.76. The van der Waals surface area contributed by atoms with Crippen LogP contribution in [0.2, 0.25) is 0 Å². The number of aryl methyl sites for hydroxylation is 1. The summed E-state index contributed by atoms with van der Waals surface area (Å²) in [6.45, 7) is 3.84. The van der Waals surface area contributed by atoms with Crippen LogP contribution in [-0.2, 0) is 10.0 Å². The van der Waals surface area contributed by atoms with E-state index in [-0.39, 0.29) is 11.7 Å². The number of piperidine rings is 1. The van der Waals surface area contributed by atoms with Gasteiger partial charge in [0, 0.05) is 7.05 Å². The minimum Gasteiger partial charge on any atom is -0.317 e. The van der Waals surface area contributed by atoms with Crippen LogP contribution in [0, 0.1) is 12.8 Å². The fourth-order valence-electron chi connectivity index (χ4n) is 2.37. The second kappa shape index (κ2) is 5.92. The van der Waals surface area contributed by atoms with E-state index in [9.17, 15) is 8.42 Å². The van der Waals surface area contributed by atoms with Crippen LogP contribution in [-0.4, -0.2) is 34.3 Å². The Bertz CT molecular complexity index is 505. The highest BCUT2D eigenvalue weighted by molar-refractivity contribution is 7.92. The number of hydrogen-bond acceptors (Lipinski definition) is 3. The van der Waals surface area contributed by atoms with Gasteiger partial charge in [-0.15, -0.1) is 0 Å². The highest BCUT2D eigenvalue weighted by Crippen LogP contribution is 2.21. The lowest BCUT2D eigenvalue weighted by molar-refractivity contribution is 0.401. The van der Waals surface area contributed by atoms with E-state index in [1.54, 1.807) is 7.05 Å². The zero-order valence-electron chi connectivity index (χ0n) is 11.6. The monoisotopic (exact) mass is 282 g/mol. The summed E-state index contributed by atoms with van der Waals surface area (Å²) in [5, 5.41) is 3.26. The van der Waals surface area contributed by atoms with Crippen molar-refractivity contribution in [1.82, 2.24) is 5.32 Å². The average molecular weight is 282 g/mol. The van der Waals surface area contributed by atoms with E-state index in [0.29, 0.717) is 0 Å². The van der Waals surface area contributed by atoms with Crippen molar-refractivity contribution in [3.8, 4) is 0 Å². The molecule has 0 unspecified atom stereocenters. The quantitative estimate of drug-likeness (QED) is 0.915. The molecule has 0 radical (unpaired) electrons. The Balaban J connectivity index is 2.07. The van der Waals surface area contributed by atoms with E-state index in [2.05, 4.69) is 5.32 Å². The highest BCUT2D eigenvalue weighted by atomic mass is 32.2. The topological polar surface area (TPSA) is 49.4 Å². The molecule has 0 atom stereocenters. The number of nitrogens with one attached hydrogen (secondary N) is 1. The van der Waals surface area contributed by atoms with Gasteiger partial charge < -0.3 is 5.32 Å². The van der Waals surface area contributed by atoms with E-state index in [0.717, 1.165) is 37.2 Å². The maximum absolute atomic E-state index is 12.4. The van der Waals surface area contributed by atoms with Gasteiger partial charge in [0.05, 0.1) is 11.4 Å². The first kappa shape index (κ1) is 14.3. The Kier molecular flexibility index (Phi) is 4.47. The van der Waals surface area contributed by atoms with E-state index >= 15 is 0 Å². The number of sulfonamides is 1. The standard InChI is InChI=1S/C14H22N2O2S/c1-12-3-5-14(6-4-12)16(2)19(17,18)11-13-7-9-15-10-8-13/h3-6,13,15H,7-11H2,1-2H3. The van der Waals surface area contributed by atoms with Crippen molar-refractivity contribution in [3.63, 3.8) is 0 Å². The molecule has 1 aromatic rings. The van der Waals surface area contributed by atoms with Gasteiger partial charge in [-0.05, 0) is 50.9 Å². The van der Waals surface area contributed by atoms with Crippen molar-refractivity contribution < 1.29 is 8.42 Å². The molecule has 4 nitrogen and oxygen atoms in total. The van der Waals surface area contributed by atoms with Crippen molar-refractivity contribution in [2.45, 2.75) is 19.8 Å². The Morgan fingerprint density at radius 1 is 1.21 bits per heavy atom. The van der Waals surface area contributed by atoms with Gasteiger partial charge in [0.2, 0.25) is 10.0 Å². The van der Waals surface area contributed by atoms with Crippen LogP contribution in [0.5, 0.6) is 0 Å². The lowest BCUT2D eigenvalue weighted by atomic mass is 10.0. The molecule has 1 fully saturated rings. The van der Waals surface area contributed by atoms with Gasteiger partial charge in [0.1, 0.15) is 0 Å². The number of nitrogens with zero attached hydrogens (tertiary/aromatic N) is 1. The first-order valence-electron chi connectivity index (χ1n) is 6.73. The van der Waals surface area contributed by atoms with Crippen LogP contribution in [0.15, 0.2) is 24.3 Å². The molecule has 106 valence electrons. The maximum atomic E-state index is 12.4. The first-order chi connectivity index (χ1) is 8.99. The molecule has 0 spiro atoms. The molecule has 0 amide bonds. The van der Waals surface area contributed by atoms with Gasteiger partial charge in [0.15, 0.2) is 0 Å². The third kappa shape index (κ3) is 3.70. The fourth-order valence-corrected chi connectivity index (χ4v) is 3.97. The van der Waals surface area contributed by atoms with E-state index in [1.165, 1.54) is 4.31 Å². The van der Waals surface area contributed by atoms with Gasteiger partial charge in [-0.2, -0.15) is 0 Å². The summed E-state index contributed by atoms with van der Waals surface area (Å²) in [6, 6.07) is 7.59. The first-order valence-corrected chi connectivity index (χ1v) is 8.34. The molecule has 2 rings (SSSR count). The zero-order chi connectivity index (χ0) is 13.9. The second-order valence-corrected chi connectivity index (χ2v) is 7.32. The van der Waals surface area contributed by atoms with Crippen LogP contribution in [0.25, 0.3) is 0 Å². The van der Waals surface area contributed by atoms with Crippen molar-refractivity contribution in [3.05, 3.63) is 29.8 Å². The van der Waals surface area contributed by atoms with E-state index in [1.807, 2.05) is 31.2 Å². The molecule has 1 aliphatic rings. The molecule has 5 heteroatoms. The minimum absolute atomic E-state index is 0.249. The van der Waals surface area contributed by atoms with Gasteiger partial charge in [-0.3, -0.25) is 4.31 Å². The molecule has 1 N–H and O–H groups in total. The molecule has 1 saturated heterocycles. The van der Waals surface area contributed by atoms with Crippen LogP contribution < -0.4 is 9.62 Å². The number of hydrogen-bond donors (Lipinski definition) is 1. The summed E-state index contributed by atoms with van der Waals surface area (Å²) in [6.07, 6.45) is 1.89. The number of rotatable bonds is 4. The van der Waals surface area contributed by atoms with Crippen LogP contribution in [0.1, 0.15) is 18.4 Å². The minimum atomic E-state index is -3.22. The maximum Gasteiger partial charge on any atom is 0.235 e. The van der Waals surface area contributed by atoms with Crippen molar-refractivity contribution in [2.75, 3.05) is 30.2 Å². The largest absolute Gasteiger partial charge is 0.317 e. The molecule has 1 aliphatic heterocycles. The Morgan fingerprint density at radius 2 is 1.79 bits per heavy atom. The number of anilines is 1. The van der Waals surface area contributed by atoms with Crippen molar-refractivity contribution >= 4 is 15.7 Å². The SMILES string of the molecule is Cc1ccc(N(C)S(=O)(=O)CC2CCNCC2)cc1. The molecule has 1 aromatic carbocycles. The predicted molar refractivity (Wildman–Crippen MR) is 79.0 cm³/mol. The number of benzene rings is 1. The van der Waals surface area contributed by atoms with Crippen molar-refractivity contribution in [1.29, 1.82) is 0 Å². The molecule has 1 heterocycles. The fraction of sp³-hybridized carbons (Fsp3) is 0.571. The zero-order valence-corrected chi connectivity index (χ0v) is 12.4. The third-order valence-electron chi connectivity index (χ3n) is 3.72. The summed E-state index contributed by atoms with van der Waals surface area (Å²) in [4.78, 5) is 0. The van der Waals surface area contributed by atoms with E-state index < -0.39 is 10.0 Å². The van der Waals surface area contributed by atoms with Crippen LogP contribution in [0.4, 0.5) is 5.69 Å². The normalized spacial score (nSPS) is 17.4. The van der Waals surface area contributed by atoms with Gasteiger partial charge in [0.25, 0.3) is 0 Å². The summed E-state index contributed by atoms with van der Waals surface area (Å²) >= 11 is 0. The molecule has 19 heavy (non-hydrogen) atoms. The van der Waals surface area contributed by atoms with Crippen LogP contribution >= 0.6 is 0 Å². The summed E-state index contributed by atoms with van der Waals surface area (Å²) in [5.41, 5.74) is 1.87. The van der Waals surface area contributed by atoms with Gasteiger partial charge in [-0.1, -0.05) is 17.7 Å². The Labute approximate surface area is 115 Å². The summed E-state index contributed by atoms with van der Waals surface area (Å²) in [5.74, 6) is 0.526. The molecular formula is C14H22N2O2S. The molecule has 0 saturated carbocycles. The van der Waals surface area contributed by atoms with Crippen LogP contribution in [0.3, 0.4) is 0 Å².